The molecule has 0 radical (unpaired) electrons. The molecule has 0 unspecified atom stereocenters. The van der Waals surface area contributed by atoms with Gasteiger partial charge in [-0.2, -0.15) is 0 Å². The van der Waals surface area contributed by atoms with Crippen LogP contribution in [0.5, 0.6) is 11.5 Å². The Hall–Kier alpha value is -5.55. The number of anilines is 4. The second-order valence-corrected chi connectivity index (χ2v) is 16.7. The molecule has 0 saturated carbocycles. The molecule has 1 aliphatic rings. The summed E-state index contributed by atoms with van der Waals surface area (Å²) in [7, 11) is 0. The van der Waals surface area contributed by atoms with Gasteiger partial charge >= 0.3 is 0 Å². The molecule has 2 aromatic heterocycles. The van der Waals surface area contributed by atoms with Gasteiger partial charge in [-0.3, -0.25) is 4.57 Å². The summed E-state index contributed by atoms with van der Waals surface area (Å²) in [6, 6.07) is 45.4. The van der Waals surface area contributed by atoms with Crippen LogP contribution in [0.3, 0.4) is 0 Å². The van der Waals surface area contributed by atoms with E-state index in [1.54, 1.807) is 0 Å². The molecule has 0 aliphatic carbocycles. The Morgan fingerprint density at radius 1 is 0.538 bits per heavy atom. The van der Waals surface area contributed by atoms with Crippen molar-refractivity contribution in [2.24, 2.45) is 5.41 Å². The highest BCUT2D eigenvalue weighted by molar-refractivity contribution is 6.09. The van der Waals surface area contributed by atoms with Crippen LogP contribution in [0.4, 0.5) is 22.7 Å². The molecule has 0 bridgehead atoms. The standard InChI is InChI=1S/C47H48N4O/c1-45(2,3)32-15-13-16-34(27-32)49-31-50(42-22-12-11-21-41(42)49)35-17-14-18-36(29-35)52-37-23-24-39-38-19-9-10-20-40(38)51(43(39)30-37)44-28-33(25-26-48-44)47(7,8)46(4,5)6/h9-30H,31H2,1-8H3. The fraction of sp³-hybridized carbons (Fsp3) is 0.255. The lowest BCUT2D eigenvalue weighted by molar-refractivity contribution is 0.225. The third-order valence-electron chi connectivity index (χ3n) is 11.4. The highest BCUT2D eigenvalue weighted by Crippen LogP contribution is 2.46. The smallest absolute Gasteiger partial charge is 0.137 e. The average Bonchev–Trinajstić information content (AvgIpc) is 3.67. The molecule has 0 N–H and O–H groups in total. The van der Waals surface area contributed by atoms with Gasteiger partial charge in [0, 0.05) is 40.5 Å². The normalized spacial score (nSPS) is 13.6. The van der Waals surface area contributed by atoms with Crippen molar-refractivity contribution in [3.63, 3.8) is 0 Å². The van der Waals surface area contributed by atoms with Gasteiger partial charge in [0.15, 0.2) is 0 Å². The summed E-state index contributed by atoms with van der Waals surface area (Å²) >= 11 is 0. The second-order valence-electron chi connectivity index (χ2n) is 16.7. The van der Waals surface area contributed by atoms with Crippen LogP contribution in [-0.4, -0.2) is 16.2 Å². The van der Waals surface area contributed by atoms with E-state index < -0.39 is 0 Å². The van der Waals surface area contributed by atoms with Crippen molar-refractivity contribution >= 4 is 44.6 Å². The zero-order valence-electron chi connectivity index (χ0n) is 31.6. The largest absolute Gasteiger partial charge is 0.457 e. The van der Waals surface area contributed by atoms with E-state index in [0.717, 1.165) is 34.0 Å². The molecule has 5 heteroatoms. The summed E-state index contributed by atoms with van der Waals surface area (Å²) in [6.45, 7) is 19.1. The number of hydrogen-bond acceptors (Lipinski definition) is 4. The van der Waals surface area contributed by atoms with Gasteiger partial charge < -0.3 is 14.5 Å². The third kappa shape index (κ3) is 5.78. The van der Waals surface area contributed by atoms with Crippen LogP contribution in [0.1, 0.15) is 66.5 Å². The van der Waals surface area contributed by atoms with Crippen molar-refractivity contribution in [2.75, 3.05) is 16.5 Å². The molecule has 0 atom stereocenters. The van der Waals surface area contributed by atoms with Crippen LogP contribution < -0.4 is 14.5 Å². The Morgan fingerprint density at radius 3 is 1.88 bits per heavy atom. The Morgan fingerprint density at radius 2 is 1.17 bits per heavy atom. The highest BCUT2D eigenvalue weighted by atomic mass is 16.5. The molecule has 0 fully saturated rings. The average molecular weight is 685 g/mol. The number of para-hydroxylation sites is 3. The zero-order valence-corrected chi connectivity index (χ0v) is 31.6. The minimum atomic E-state index is -0.0495. The van der Waals surface area contributed by atoms with E-state index in [1.807, 2.05) is 12.3 Å². The van der Waals surface area contributed by atoms with Gasteiger partial charge in [-0.1, -0.05) is 104 Å². The Bertz CT molecular complexity index is 2440. The third-order valence-corrected chi connectivity index (χ3v) is 11.4. The minimum absolute atomic E-state index is 0.0495. The van der Waals surface area contributed by atoms with E-state index in [9.17, 15) is 0 Å². The van der Waals surface area contributed by atoms with Crippen LogP contribution >= 0.6 is 0 Å². The molecule has 0 spiro atoms. The lowest BCUT2D eigenvalue weighted by Crippen LogP contribution is -2.34. The number of nitrogens with zero attached hydrogens (tertiary/aromatic N) is 4. The van der Waals surface area contributed by atoms with E-state index in [0.29, 0.717) is 6.67 Å². The van der Waals surface area contributed by atoms with Crippen LogP contribution in [-0.2, 0) is 10.8 Å². The van der Waals surface area contributed by atoms with Gasteiger partial charge in [0.2, 0.25) is 0 Å². The molecule has 5 aromatic carbocycles. The van der Waals surface area contributed by atoms with Gasteiger partial charge in [-0.25, -0.2) is 4.98 Å². The first kappa shape index (κ1) is 33.6. The van der Waals surface area contributed by atoms with Gasteiger partial charge in [-0.05, 0) is 94.1 Å². The first-order chi connectivity index (χ1) is 24.8. The molecule has 5 nitrogen and oxygen atoms in total. The SMILES string of the molecule is CC(C)(C)c1cccc(N2CN(c3cccc(Oc4ccc5c6ccccc6n(-c6cc(C(C)(C)C(C)(C)C)ccn6)c5c4)c3)c3ccccc32)c1. The Balaban J connectivity index is 1.15. The number of ether oxygens (including phenoxy) is 1. The first-order valence-corrected chi connectivity index (χ1v) is 18.3. The summed E-state index contributed by atoms with van der Waals surface area (Å²) < 4.78 is 8.95. The quantitative estimate of drug-likeness (QED) is 0.175. The van der Waals surface area contributed by atoms with Crippen LogP contribution in [0, 0.1) is 5.41 Å². The van der Waals surface area contributed by atoms with Crippen LogP contribution in [0.2, 0.25) is 0 Å². The maximum atomic E-state index is 6.67. The molecular formula is C47H48N4O. The maximum absolute atomic E-state index is 6.67. The molecule has 8 rings (SSSR count). The monoisotopic (exact) mass is 684 g/mol. The summed E-state index contributed by atoms with van der Waals surface area (Å²) in [5.41, 5.74) is 9.53. The molecule has 1 aliphatic heterocycles. The van der Waals surface area contributed by atoms with Gasteiger partial charge in [0.1, 0.15) is 24.0 Å². The first-order valence-electron chi connectivity index (χ1n) is 18.3. The summed E-state index contributed by atoms with van der Waals surface area (Å²) in [5, 5.41) is 2.36. The number of fused-ring (bicyclic) bond motifs is 4. The molecule has 0 saturated heterocycles. The predicted octanol–water partition coefficient (Wildman–Crippen LogP) is 12.8. The lowest BCUT2D eigenvalue weighted by atomic mass is 9.65. The fourth-order valence-electron chi connectivity index (χ4n) is 7.27. The molecule has 0 amide bonds. The number of pyridine rings is 1. The van der Waals surface area contributed by atoms with E-state index in [4.69, 9.17) is 9.72 Å². The molecule has 7 aromatic rings. The van der Waals surface area contributed by atoms with Gasteiger partial charge in [0.05, 0.1) is 22.4 Å². The number of hydrogen-bond donors (Lipinski definition) is 0. The highest BCUT2D eigenvalue weighted by Gasteiger charge is 2.35. The maximum Gasteiger partial charge on any atom is 0.137 e. The Labute approximate surface area is 308 Å². The van der Waals surface area contributed by atoms with Gasteiger partial charge in [-0.15, -0.1) is 0 Å². The van der Waals surface area contributed by atoms with Crippen molar-refractivity contribution in [1.82, 2.24) is 9.55 Å². The van der Waals surface area contributed by atoms with E-state index in [1.165, 1.54) is 39.0 Å². The van der Waals surface area contributed by atoms with E-state index in [2.05, 4.69) is 191 Å². The lowest BCUT2D eigenvalue weighted by Gasteiger charge is -2.39. The van der Waals surface area contributed by atoms with Crippen molar-refractivity contribution in [3.8, 4) is 17.3 Å². The van der Waals surface area contributed by atoms with Crippen molar-refractivity contribution in [3.05, 3.63) is 145 Å². The molecule has 262 valence electrons. The fourth-order valence-corrected chi connectivity index (χ4v) is 7.27. The molecule has 52 heavy (non-hydrogen) atoms. The van der Waals surface area contributed by atoms with Crippen molar-refractivity contribution < 1.29 is 4.74 Å². The molecular weight excluding hydrogens is 637 g/mol. The van der Waals surface area contributed by atoms with Crippen LogP contribution in [0.15, 0.2) is 134 Å². The molecule has 3 heterocycles. The van der Waals surface area contributed by atoms with Crippen molar-refractivity contribution in [1.29, 1.82) is 0 Å². The second kappa shape index (κ2) is 12.3. The zero-order chi connectivity index (χ0) is 36.4. The van der Waals surface area contributed by atoms with E-state index >= 15 is 0 Å². The number of benzene rings is 5. The topological polar surface area (TPSA) is 33.5 Å². The van der Waals surface area contributed by atoms with E-state index in [-0.39, 0.29) is 16.2 Å². The summed E-state index contributed by atoms with van der Waals surface area (Å²) in [6.07, 6.45) is 1.95. The number of aromatic nitrogens is 2. The summed E-state index contributed by atoms with van der Waals surface area (Å²) in [5.74, 6) is 2.48. The Kier molecular flexibility index (Phi) is 7.94. The summed E-state index contributed by atoms with van der Waals surface area (Å²) in [4.78, 5) is 9.69. The number of rotatable bonds is 6. The predicted molar refractivity (Wildman–Crippen MR) is 218 cm³/mol. The minimum Gasteiger partial charge on any atom is -0.457 e. The van der Waals surface area contributed by atoms with Crippen molar-refractivity contribution in [2.45, 2.75) is 66.2 Å². The van der Waals surface area contributed by atoms with Gasteiger partial charge in [0.25, 0.3) is 0 Å². The van der Waals surface area contributed by atoms with Crippen LogP contribution in [0.25, 0.3) is 27.6 Å².